The molecular weight excluding hydrogens is 425 g/mol. The smallest absolute Gasteiger partial charge is 0.259 e. The number of fused-ring (bicyclic) bond motifs is 1. The van der Waals surface area contributed by atoms with Crippen LogP contribution in [0.5, 0.6) is 5.88 Å². The fourth-order valence-electron chi connectivity index (χ4n) is 3.89. The van der Waals surface area contributed by atoms with Crippen LogP contribution in [0, 0.1) is 5.82 Å². The van der Waals surface area contributed by atoms with Crippen molar-refractivity contribution in [3.63, 3.8) is 0 Å². The van der Waals surface area contributed by atoms with Gasteiger partial charge in [-0.1, -0.05) is 6.07 Å². The highest BCUT2D eigenvalue weighted by Crippen LogP contribution is 2.30. The van der Waals surface area contributed by atoms with Crippen LogP contribution in [0.2, 0.25) is 0 Å². The Balaban J connectivity index is 1.55. The number of halogens is 1. The molecule has 2 N–H and O–H groups in total. The van der Waals surface area contributed by atoms with Crippen LogP contribution in [0.15, 0.2) is 59.5 Å². The highest BCUT2D eigenvalue weighted by Gasteiger charge is 2.17. The highest BCUT2D eigenvalue weighted by atomic mass is 19.1. The molecule has 0 amide bonds. The predicted octanol–water partition coefficient (Wildman–Crippen LogP) is 3.71. The molecule has 5 rings (SSSR count). The van der Waals surface area contributed by atoms with E-state index in [0.29, 0.717) is 71.5 Å². The molecule has 0 atom stereocenters. The van der Waals surface area contributed by atoms with Gasteiger partial charge >= 0.3 is 0 Å². The minimum atomic E-state index is -0.356. The summed E-state index contributed by atoms with van der Waals surface area (Å²) in [6.45, 7) is 2.42. The molecule has 168 valence electrons. The number of morpholine rings is 1. The first-order valence-corrected chi connectivity index (χ1v) is 10.6. The Morgan fingerprint density at radius 1 is 1.09 bits per heavy atom. The summed E-state index contributed by atoms with van der Waals surface area (Å²) in [6.07, 6.45) is 1.58. The molecule has 4 aromatic rings. The molecule has 0 unspecified atom stereocenters. The van der Waals surface area contributed by atoms with Gasteiger partial charge < -0.3 is 24.7 Å². The van der Waals surface area contributed by atoms with Gasteiger partial charge in [-0.2, -0.15) is 0 Å². The SMILES string of the molecule is COc1cccc(-c2cc3cc[nH]c(=O)c3c(Nc3ccc(N4CCOCC4)c(F)c3)n2)n1. The second kappa shape index (κ2) is 8.87. The molecule has 3 aromatic heterocycles. The van der Waals surface area contributed by atoms with Gasteiger partial charge in [0.25, 0.3) is 5.56 Å². The largest absolute Gasteiger partial charge is 0.481 e. The first-order chi connectivity index (χ1) is 16.1. The lowest BCUT2D eigenvalue weighted by Crippen LogP contribution is -2.36. The maximum atomic E-state index is 14.9. The monoisotopic (exact) mass is 447 g/mol. The molecule has 0 bridgehead atoms. The Kier molecular flexibility index (Phi) is 5.62. The summed E-state index contributed by atoms with van der Waals surface area (Å²) in [5.41, 5.74) is 1.86. The summed E-state index contributed by atoms with van der Waals surface area (Å²) in [7, 11) is 1.54. The minimum absolute atomic E-state index is 0.293. The Bertz CT molecular complexity index is 1370. The molecular formula is C24H22FN5O3. The van der Waals surface area contributed by atoms with E-state index >= 15 is 0 Å². The number of H-pyrrole nitrogens is 1. The lowest BCUT2D eigenvalue weighted by Gasteiger charge is -2.29. The van der Waals surface area contributed by atoms with E-state index in [-0.39, 0.29) is 11.4 Å². The Morgan fingerprint density at radius 2 is 1.94 bits per heavy atom. The van der Waals surface area contributed by atoms with E-state index in [2.05, 4.69) is 20.3 Å². The van der Waals surface area contributed by atoms with Crippen LogP contribution < -0.4 is 20.5 Å². The number of hydrogen-bond donors (Lipinski definition) is 2. The Hall–Kier alpha value is -3.98. The summed E-state index contributed by atoms with van der Waals surface area (Å²) in [6, 6.07) is 13.9. The molecule has 8 nitrogen and oxygen atoms in total. The zero-order valence-electron chi connectivity index (χ0n) is 18.0. The quantitative estimate of drug-likeness (QED) is 0.482. The van der Waals surface area contributed by atoms with Crippen LogP contribution in [0.3, 0.4) is 0 Å². The first-order valence-electron chi connectivity index (χ1n) is 10.6. The Morgan fingerprint density at radius 3 is 2.73 bits per heavy atom. The molecule has 1 saturated heterocycles. The van der Waals surface area contributed by atoms with Crippen molar-refractivity contribution in [1.29, 1.82) is 0 Å². The third kappa shape index (κ3) is 4.22. The van der Waals surface area contributed by atoms with Crippen molar-refractivity contribution in [2.45, 2.75) is 0 Å². The summed E-state index contributed by atoms with van der Waals surface area (Å²) in [4.78, 5) is 26.3. The average Bonchev–Trinajstić information content (AvgIpc) is 2.84. The molecule has 0 spiro atoms. The normalized spacial score (nSPS) is 13.8. The van der Waals surface area contributed by atoms with Gasteiger partial charge in [-0.15, -0.1) is 0 Å². The minimum Gasteiger partial charge on any atom is -0.481 e. The molecule has 1 aliphatic rings. The maximum Gasteiger partial charge on any atom is 0.259 e. The molecule has 4 heterocycles. The van der Waals surface area contributed by atoms with Gasteiger partial charge in [-0.25, -0.2) is 14.4 Å². The first kappa shape index (κ1) is 20.9. The van der Waals surface area contributed by atoms with Crippen LogP contribution >= 0.6 is 0 Å². The zero-order valence-corrected chi connectivity index (χ0v) is 18.0. The number of methoxy groups -OCH3 is 1. The molecule has 9 heteroatoms. The summed E-state index contributed by atoms with van der Waals surface area (Å²) < 4.78 is 25.5. The van der Waals surface area contributed by atoms with Crippen molar-refractivity contribution >= 4 is 28.0 Å². The third-order valence-corrected chi connectivity index (χ3v) is 5.51. The van der Waals surface area contributed by atoms with Gasteiger partial charge in [0.2, 0.25) is 5.88 Å². The number of hydrogen-bond acceptors (Lipinski definition) is 7. The lowest BCUT2D eigenvalue weighted by atomic mass is 10.1. The number of aromatic nitrogens is 3. The van der Waals surface area contributed by atoms with Crippen molar-refractivity contribution in [1.82, 2.24) is 15.0 Å². The number of nitrogens with one attached hydrogen (secondary N) is 2. The summed E-state index contributed by atoms with van der Waals surface area (Å²) in [5, 5.41) is 4.18. The van der Waals surface area contributed by atoms with E-state index in [9.17, 15) is 9.18 Å². The van der Waals surface area contributed by atoms with E-state index < -0.39 is 0 Å². The lowest BCUT2D eigenvalue weighted by molar-refractivity contribution is 0.122. The van der Waals surface area contributed by atoms with Crippen LogP contribution in [0.1, 0.15) is 0 Å². The van der Waals surface area contributed by atoms with Crippen LogP contribution in [-0.2, 0) is 4.74 Å². The molecule has 33 heavy (non-hydrogen) atoms. The maximum absolute atomic E-state index is 14.9. The van der Waals surface area contributed by atoms with E-state index in [1.165, 1.54) is 6.07 Å². The standard InChI is InChI=1S/C24H22FN5O3/c1-32-21-4-2-3-18(28-21)19-13-15-7-8-26-24(31)22(15)23(29-19)27-16-5-6-20(17(25)14-16)30-9-11-33-12-10-30/h2-8,13-14H,9-12H2,1H3,(H,26,31)(H,27,29). The van der Waals surface area contributed by atoms with Gasteiger partial charge in [0.1, 0.15) is 11.6 Å². The van der Waals surface area contributed by atoms with E-state index in [1.807, 2.05) is 17.0 Å². The van der Waals surface area contributed by atoms with Gasteiger partial charge in [-0.3, -0.25) is 4.79 Å². The molecule has 0 aliphatic carbocycles. The zero-order chi connectivity index (χ0) is 22.8. The van der Waals surface area contributed by atoms with Gasteiger partial charge in [0, 0.05) is 31.0 Å². The van der Waals surface area contributed by atoms with Gasteiger partial charge in [0.15, 0.2) is 0 Å². The number of ether oxygens (including phenoxy) is 2. The van der Waals surface area contributed by atoms with Crippen molar-refractivity contribution in [2.75, 3.05) is 43.6 Å². The fraction of sp³-hybridized carbons (Fsp3) is 0.208. The number of benzene rings is 1. The molecule has 1 fully saturated rings. The molecule has 0 saturated carbocycles. The van der Waals surface area contributed by atoms with E-state index in [0.717, 1.165) is 0 Å². The van der Waals surface area contributed by atoms with Gasteiger partial charge in [-0.05, 0) is 41.8 Å². The number of nitrogens with zero attached hydrogens (tertiary/aromatic N) is 3. The van der Waals surface area contributed by atoms with Crippen molar-refractivity contribution in [3.05, 3.63) is 70.9 Å². The average molecular weight is 447 g/mol. The number of pyridine rings is 3. The number of aromatic amines is 1. The number of anilines is 3. The Labute approximate surface area is 189 Å². The molecule has 1 aromatic carbocycles. The third-order valence-electron chi connectivity index (χ3n) is 5.51. The summed E-state index contributed by atoms with van der Waals surface area (Å²) in [5.74, 6) is 0.411. The van der Waals surface area contributed by atoms with Crippen molar-refractivity contribution in [3.8, 4) is 17.3 Å². The van der Waals surface area contributed by atoms with Crippen LogP contribution in [-0.4, -0.2) is 48.4 Å². The van der Waals surface area contributed by atoms with Crippen LogP contribution in [0.25, 0.3) is 22.2 Å². The second-order valence-corrected chi connectivity index (χ2v) is 7.58. The van der Waals surface area contributed by atoms with Gasteiger partial charge in [0.05, 0.1) is 42.8 Å². The van der Waals surface area contributed by atoms with E-state index in [1.54, 1.807) is 43.6 Å². The van der Waals surface area contributed by atoms with E-state index in [4.69, 9.17) is 9.47 Å². The molecule has 1 aliphatic heterocycles. The number of rotatable bonds is 5. The second-order valence-electron chi connectivity index (χ2n) is 7.58. The predicted molar refractivity (Wildman–Crippen MR) is 125 cm³/mol. The molecule has 0 radical (unpaired) electrons. The highest BCUT2D eigenvalue weighted by molar-refractivity contribution is 5.95. The fourth-order valence-corrected chi connectivity index (χ4v) is 3.89. The van der Waals surface area contributed by atoms with Crippen molar-refractivity contribution < 1.29 is 13.9 Å². The van der Waals surface area contributed by atoms with Crippen molar-refractivity contribution in [2.24, 2.45) is 0 Å². The topological polar surface area (TPSA) is 92.4 Å². The summed E-state index contributed by atoms with van der Waals surface area (Å²) >= 11 is 0. The van der Waals surface area contributed by atoms with Crippen LogP contribution in [0.4, 0.5) is 21.6 Å².